The molecule has 0 aliphatic rings. The summed E-state index contributed by atoms with van der Waals surface area (Å²) in [5.41, 5.74) is 0. The lowest BCUT2D eigenvalue weighted by molar-refractivity contribution is 0.511. The van der Waals surface area contributed by atoms with E-state index < -0.39 is 9.84 Å². The van der Waals surface area contributed by atoms with Crippen LogP contribution in [0, 0.1) is 5.92 Å². The van der Waals surface area contributed by atoms with Crippen molar-refractivity contribution in [2.45, 2.75) is 39.0 Å². The minimum atomic E-state index is -2.81. The zero-order valence-electron chi connectivity index (χ0n) is 8.59. The molecule has 80 valence electrons. The molecule has 0 saturated heterocycles. The van der Waals surface area contributed by atoms with Crippen molar-refractivity contribution in [3.05, 3.63) is 0 Å². The summed E-state index contributed by atoms with van der Waals surface area (Å²) in [6.07, 6.45) is 1.58. The van der Waals surface area contributed by atoms with Gasteiger partial charge in [0.15, 0.2) is 0 Å². The van der Waals surface area contributed by atoms with Crippen LogP contribution in [0.1, 0.15) is 33.6 Å². The number of hydrogen-bond acceptors (Lipinski definition) is 2. The molecule has 0 spiro atoms. The van der Waals surface area contributed by atoms with Crippen LogP contribution in [0.3, 0.4) is 0 Å². The maximum atomic E-state index is 11.2. The summed E-state index contributed by atoms with van der Waals surface area (Å²) in [7, 11) is -2.81. The fourth-order valence-electron chi connectivity index (χ4n) is 1.09. The van der Waals surface area contributed by atoms with Crippen molar-refractivity contribution in [1.82, 2.24) is 0 Å². The standard InChI is InChI=1S/C9H19ClO2S/c1-4-9(10)8(3)6-7-13(11,12)5-2/h8-9H,4-7H2,1-3H3. The second-order valence-electron chi connectivity index (χ2n) is 3.43. The van der Waals surface area contributed by atoms with Crippen LogP contribution in [0.15, 0.2) is 0 Å². The zero-order valence-corrected chi connectivity index (χ0v) is 10.2. The first-order valence-electron chi connectivity index (χ1n) is 4.77. The molecular weight excluding hydrogens is 208 g/mol. The average molecular weight is 227 g/mol. The van der Waals surface area contributed by atoms with Gasteiger partial charge in [-0.05, 0) is 18.8 Å². The maximum absolute atomic E-state index is 11.2. The Balaban J connectivity index is 3.90. The van der Waals surface area contributed by atoms with Crippen molar-refractivity contribution in [2.24, 2.45) is 5.92 Å². The van der Waals surface area contributed by atoms with Crippen LogP contribution in [-0.4, -0.2) is 25.3 Å². The van der Waals surface area contributed by atoms with Gasteiger partial charge >= 0.3 is 0 Å². The third kappa shape index (κ3) is 5.53. The Labute approximate surface area is 86.6 Å². The lowest BCUT2D eigenvalue weighted by atomic mass is 10.0. The van der Waals surface area contributed by atoms with Gasteiger partial charge in [0.1, 0.15) is 9.84 Å². The summed E-state index contributed by atoms with van der Waals surface area (Å²) in [5, 5.41) is 0.104. The smallest absolute Gasteiger partial charge is 0.150 e. The molecule has 0 amide bonds. The number of alkyl halides is 1. The zero-order chi connectivity index (χ0) is 10.5. The van der Waals surface area contributed by atoms with Gasteiger partial charge in [-0.3, -0.25) is 0 Å². The Morgan fingerprint density at radius 2 is 1.85 bits per heavy atom. The van der Waals surface area contributed by atoms with Crippen molar-refractivity contribution < 1.29 is 8.42 Å². The Hall–Kier alpha value is 0.240. The molecule has 0 heterocycles. The van der Waals surface area contributed by atoms with E-state index in [2.05, 4.69) is 0 Å². The fourth-order valence-corrected chi connectivity index (χ4v) is 2.24. The largest absolute Gasteiger partial charge is 0.229 e. The van der Waals surface area contributed by atoms with Crippen molar-refractivity contribution in [2.75, 3.05) is 11.5 Å². The molecule has 0 fully saturated rings. The van der Waals surface area contributed by atoms with Gasteiger partial charge < -0.3 is 0 Å². The molecule has 0 saturated carbocycles. The Morgan fingerprint density at radius 1 is 1.31 bits per heavy atom. The lowest BCUT2D eigenvalue weighted by Crippen LogP contribution is -2.17. The highest BCUT2D eigenvalue weighted by molar-refractivity contribution is 7.91. The number of hydrogen-bond donors (Lipinski definition) is 0. The molecule has 0 bridgehead atoms. The van der Waals surface area contributed by atoms with Gasteiger partial charge in [0.05, 0.1) is 5.75 Å². The van der Waals surface area contributed by atoms with E-state index in [0.29, 0.717) is 6.42 Å². The SMILES string of the molecule is CCC(Cl)C(C)CCS(=O)(=O)CC. The van der Waals surface area contributed by atoms with Gasteiger partial charge in [0.25, 0.3) is 0 Å². The predicted octanol–water partition coefficient (Wildman–Crippen LogP) is 2.46. The first-order chi connectivity index (χ1) is 5.93. The Bertz CT molecular complexity index is 224. The molecule has 2 nitrogen and oxygen atoms in total. The third-order valence-electron chi connectivity index (χ3n) is 2.33. The molecule has 0 rings (SSSR count). The molecule has 0 radical (unpaired) electrons. The molecule has 2 unspecified atom stereocenters. The second-order valence-corrected chi connectivity index (χ2v) is 6.46. The molecule has 0 aromatic rings. The van der Waals surface area contributed by atoms with Gasteiger partial charge in [0.2, 0.25) is 0 Å². The Kier molecular flexibility index (Phi) is 5.97. The summed E-state index contributed by atoms with van der Waals surface area (Å²) in [5.74, 6) is 0.792. The summed E-state index contributed by atoms with van der Waals surface area (Å²) >= 11 is 5.99. The van der Waals surface area contributed by atoms with Crippen LogP contribution in [-0.2, 0) is 9.84 Å². The van der Waals surface area contributed by atoms with Crippen molar-refractivity contribution >= 4 is 21.4 Å². The van der Waals surface area contributed by atoms with Crippen LogP contribution in [0.25, 0.3) is 0 Å². The summed E-state index contributed by atoms with van der Waals surface area (Å²) < 4.78 is 22.3. The molecule has 13 heavy (non-hydrogen) atoms. The van der Waals surface area contributed by atoms with Crippen molar-refractivity contribution in [1.29, 1.82) is 0 Å². The predicted molar refractivity (Wildman–Crippen MR) is 58.0 cm³/mol. The second kappa shape index (κ2) is 5.86. The third-order valence-corrected chi connectivity index (χ3v) is 4.81. The highest BCUT2D eigenvalue weighted by atomic mass is 35.5. The first kappa shape index (κ1) is 13.2. The fraction of sp³-hybridized carbons (Fsp3) is 1.00. The van der Waals surface area contributed by atoms with E-state index in [1.807, 2.05) is 13.8 Å². The summed E-state index contributed by atoms with van der Waals surface area (Å²) in [6, 6.07) is 0. The molecule has 0 aliphatic heterocycles. The number of sulfone groups is 1. The maximum Gasteiger partial charge on any atom is 0.150 e. The summed E-state index contributed by atoms with van der Waals surface area (Å²) in [4.78, 5) is 0. The van der Waals surface area contributed by atoms with Crippen molar-refractivity contribution in [3.8, 4) is 0 Å². The minimum Gasteiger partial charge on any atom is -0.229 e. The molecular formula is C9H19ClO2S. The topological polar surface area (TPSA) is 34.1 Å². The van der Waals surface area contributed by atoms with E-state index in [1.54, 1.807) is 6.92 Å². The van der Waals surface area contributed by atoms with Crippen LogP contribution >= 0.6 is 11.6 Å². The number of rotatable bonds is 6. The van der Waals surface area contributed by atoms with Gasteiger partial charge in [-0.2, -0.15) is 0 Å². The van der Waals surface area contributed by atoms with Gasteiger partial charge in [-0.15, -0.1) is 11.6 Å². The van der Waals surface area contributed by atoms with E-state index in [1.165, 1.54) is 0 Å². The Morgan fingerprint density at radius 3 is 2.23 bits per heavy atom. The normalized spacial score (nSPS) is 16.9. The molecule has 0 aromatic carbocycles. The van der Waals surface area contributed by atoms with Gasteiger partial charge in [-0.1, -0.05) is 20.8 Å². The van der Waals surface area contributed by atoms with E-state index in [4.69, 9.17) is 11.6 Å². The average Bonchev–Trinajstić information content (AvgIpc) is 2.13. The van der Waals surface area contributed by atoms with Gasteiger partial charge in [0, 0.05) is 11.1 Å². The summed E-state index contributed by atoms with van der Waals surface area (Å²) in [6.45, 7) is 5.70. The molecule has 0 N–H and O–H groups in total. The highest BCUT2D eigenvalue weighted by Crippen LogP contribution is 2.18. The number of halogens is 1. The quantitative estimate of drug-likeness (QED) is 0.652. The molecule has 2 atom stereocenters. The lowest BCUT2D eigenvalue weighted by Gasteiger charge is -2.15. The van der Waals surface area contributed by atoms with Crippen molar-refractivity contribution in [3.63, 3.8) is 0 Å². The van der Waals surface area contributed by atoms with Crippen LogP contribution < -0.4 is 0 Å². The first-order valence-corrected chi connectivity index (χ1v) is 7.03. The van der Waals surface area contributed by atoms with Crippen LogP contribution in [0.2, 0.25) is 0 Å². The molecule has 4 heteroatoms. The van der Waals surface area contributed by atoms with E-state index in [0.717, 1.165) is 6.42 Å². The highest BCUT2D eigenvalue weighted by Gasteiger charge is 2.15. The van der Waals surface area contributed by atoms with E-state index in [9.17, 15) is 8.42 Å². The monoisotopic (exact) mass is 226 g/mol. The van der Waals surface area contributed by atoms with Crippen LogP contribution in [0.4, 0.5) is 0 Å². The van der Waals surface area contributed by atoms with Crippen LogP contribution in [0.5, 0.6) is 0 Å². The van der Waals surface area contributed by atoms with E-state index in [-0.39, 0.29) is 22.8 Å². The van der Waals surface area contributed by atoms with E-state index >= 15 is 0 Å². The minimum absolute atomic E-state index is 0.104. The molecule has 0 aromatic heterocycles. The molecule has 0 aliphatic carbocycles. The van der Waals surface area contributed by atoms with Gasteiger partial charge in [-0.25, -0.2) is 8.42 Å².